The summed E-state index contributed by atoms with van der Waals surface area (Å²) in [4.78, 5) is 31.4. The van der Waals surface area contributed by atoms with Crippen LogP contribution >= 0.6 is 0 Å². The van der Waals surface area contributed by atoms with Crippen LogP contribution in [0.2, 0.25) is 0 Å². The van der Waals surface area contributed by atoms with E-state index in [2.05, 4.69) is 10.3 Å². The van der Waals surface area contributed by atoms with E-state index < -0.39 is 11.6 Å². The van der Waals surface area contributed by atoms with E-state index in [0.29, 0.717) is 13.0 Å². The third-order valence-electron chi connectivity index (χ3n) is 4.72. The van der Waals surface area contributed by atoms with Gasteiger partial charge in [0.1, 0.15) is 11.6 Å². The number of amides is 2. The molecule has 112 valence electrons. The fraction of sp³-hybridized carbons (Fsp3) is 0.562. The Hall–Kier alpha value is -1.91. The Labute approximate surface area is 124 Å². The zero-order chi connectivity index (χ0) is 15.0. The summed E-state index contributed by atoms with van der Waals surface area (Å²) in [6.07, 6.45) is 4.35. The second kappa shape index (κ2) is 5.13. The number of carbonyl (C=O) groups is 2. The molecule has 1 aromatic heterocycles. The summed E-state index contributed by atoms with van der Waals surface area (Å²) in [7, 11) is 0. The first-order chi connectivity index (χ1) is 10.1. The highest BCUT2D eigenvalue weighted by Crippen LogP contribution is 2.45. The number of aromatic nitrogens is 1. The number of rotatable bonds is 4. The second-order valence-electron chi connectivity index (χ2n) is 6.10. The van der Waals surface area contributed by atoms with Crippen molar-refractivity contribution in [1.82, 2.24) is 15.2 Å². The minimum absolute atomic E-state index is 0.0113. The molecule has 3 rings (SSSR count). The Bertz CT molecular complexity index is 556. The summed E-state index contributed by atoms with van der Waals surface area (Å²) in [6.45, 7) is 4.21. The number of piperazine rings is 1. The van der Waals surface area contributed by atoms with Gasteiger partial charge < -0.3 is 10.2 Å². The molecule has 5 nitrogen and oxygen atoms in total. The summed E-state index contributed by atoms with van der Waals surface area (Å²) >= 11 is 0. The van der Waals surface area contributed by atoms with Crippen molar-refractivity contribution < 1.29 is 9.59 Å². The number of hydrogen-bond acceptors (Lipinski definition) is 3. The molecule has 1 aliphatic carbocycles. The molecule has 1 saturated carbocycles. The second-order valence-corrected chi connectivity index (χ2v) is 6.10. The lowest BCUT2D eigenvalue weighted by Crippen LogP contribution is -2.70. The topological polar surface area (TPSA) is 62.3 Å². The van der Waals surface area contributed by atoms with Crippen LogP contribution in [0.1, 0.15) is 38.8 Å². The molecule has 1 aromatic rings. The first-order valence-corrected chi connectivity index (χ1v) is 7.59. The van der Waals surface area contributed by atoms with Gasteiger partial charge in [0.25, 0.3) is 0 Å². The van der Waals surface area contributed by atoms with Crippen molar-refractivity contribution in [3.8, 4) is 0 Å². The highest BCUT2D eigenvalue weighted by molar-refractivity contribution is 6.00. The molecule has 5 heteroatoms. The molecule has 2 fully saturated rings. The van der Waals surface area contributed by atoms with E-state index in [1.54, 1.807) is 11.1 Å². The predicted molar refractivity (Wildman–Crippen MR) is 78.1 cm³/mol. The van der Waals surface area contributed by atoms with Crippen LogP contribution in [0.3, 0.4) is 0 Å². The van der Waals surface area contributed by atoms with Crippen molar-refractivity contribution in [2.24, 2.45) is 5.92 Å². The Balaban J connectivity index is 1.94. The van der Waals surface area contributed by atoms with E-state index in [1.807, 2.05) is 32.0 Å². The van der Waals surface area contributed by atoms with Gasteiger partial charge in [0.2, 0.25) is 11.8 Å². The van der Waals surface area contributed by atoms with Crippen LogP contribution in [0, 0.1) is 5.92 Å². The predicted octanol–water partition coefficient (Wildman–Crippen LogP) is 1.49. The maximum Gasteiger partial charge on any atom is 0.246 e. The molecule has 2 unspecified atom stereocenters. The Morgan fingerprint density at radius 3 is 2.71 bits per heavy atom. The van der Waals surface area contributed by atoms with Gasteiger partial charge in [-0.15, -0.1) is 0 Å². The summed E-state index contributed by atoms with van der Waals surface area (Å²) in [5, 5.41) is 2.89. The third kappa shape index (κ3) is 2.30. The van der Waals surface area contributed by atoms with Gasteiger partial charge in [-0.2, -0.15) is 0 Å². The average Bonchev–Trinajstić information content (AvgIpc) is 3.33. The van der Waals surface area contributed by atoms with Crippen LogP contribution < -0.4 is 5.32 Å². The summed E-state index contributed by atoms with van der Waals surface area (Å²) in [6, 6.07) is 5.24. The van der Waals surface area contributed by atoms with Crippen LogP contribution in [0.25, 0.3) is 0 Å². The van der Waals surface area contributed by atoms with Gasteiger partial charge in [-0.05, 0) is 44.2 Å². The standard InChI is InChI=1S/C16H21N3O2/c1-3-13-14(20)19(10-12-6-4-5-9-17-12)16(2,11-7-8-11)15(21)18-13/h4-6,9,11,13H,3,7-8,10H2,1-2H3,(H,18,21). The smallest absolute Gasteiger partial charge is 0.246 e. The molecule has 0 aromatic carbocycles. The number of hydrogen-bond donors (Lipinski definition) is 1. The number of pyridine rings is 1. The Morgan fingerprint density at radius 2 is 2.14 bits per heavy atom. The van der Waals surface area contributed by atoms with Crippen LogP contribution in [0.4, 0.5) is 0 Å². The molecular weight excluding hydrogens is 266 g/mol. The van der Waals surface area contributed by atoms with Gasteiger partial charge in [-0.1, -0.05) is 13.0 Å². The molecule has 1 aliphatic heterocycles. The van der Waals surface area contributed by atoms with E-state index >= 15 is 0 Å². The molecule has 2 amide bonds. The highest BCUT2D eigenvalue weighted by atomic mass is 16.2. The minimum atomic E-state index is -0.736. The SMILES string of the molecule is CCC1NC(=O)C(C)(C2CC2)N(Cc2ccccn2)C1=O. The Kier molecular flexibility index (Phi) is 3.43. The van der Waals surface area contributed by atoms with Crippen LogP contribution in [-0.4, -0.2) is 33.3 Å². The molecule has 2 heterocycles. The first kappa shape index (κ1) is 14.0. The maximum atomic E-state index is 12.7. The van der Waals surface area contributed by atoms with Crippen LogP contribution in [0.15, 0.2) is 24.4 Å². The van der Waals surface area contributed by atoms with E-state index in [4.69, 9.17) is 0 Å². The molecule has 21 heavy (non-hydrogen) atoms. The van der Waals surface area contributed by atoms with Crippen molar-refractivity contribution in [1.29, 1.82) is 0 Å². The summed E-state index contributed by atoms with van der Waals surface area (Å²) in [5.74, 6) is 0.257. The monoisotopic (exact) mass is 287 g/mol. The average molecular weight is 287 g/mol. The van der Waals surface area contributed by atoms with Crippen molar-refractivity contribution >= 4 is 11.8 Å². The third-order valence-corrected chi connectivity index (χ3v) is 4.72. The number of nitrogens with one attached hydrogen (secondary N) is 1. The zero-order valence-corrected chi connectivity index (χ0v) is 12.5. The quantitative estimate of drug-likeness (QED) is 0.912. The van der Waals surface area contributed by atoms with Gasteiger partial charge >= 0.3 is 0 Å². The van der Waals surface area contributed by atoms with Gasteiger partial charge in [-0.25, -0.2) is 0 Å². The molecule has 0 bridgehead atoms. The van der Waals surface area contributed by atoms with Gasteiger partial charge in [0, 0.05) is 6.20 Å². The zero-order valence-electron chi connectivity index (χ0n) is 12.5. The largest absolute Gasteiger partial charge is 0.342 e. The van der Waals surface area contributed by atoms with Crippen molar-refractivity contribution in [2.45, 2.75) is 51.2 Å². The maximum absolute atomic E-state index is 12.7. The normalized spacial score (nSPS) is 29.4. The Morgan fingerprint density at radius 1 is 1.38 bits per heavy atom. The van der Waals surface area contributed by atoms with E-state index in [9.17, 15) is 9.59 Å². The van der Waals surface area contributed by atoms with E-state index in [1.165, 1.54) is 0 Å². The lowest BCUT2D eigenvalue weighted by molar-refractivity contribution is -0.159. The molecule has 2 atom stereocenters. The van der Waals surface area contributed by atoms with E-state index in [0.717, 1.165) is 18.5 Å². The molecular formula is C16H21N3O2. The highest BCUT2D eigenvalue weighted by Gasteiger charge is 2.56. The fourth-order valence-corrected chi connectivity index (χ4v) is 3.13. The van der Waals surface area contributed by atoms with Crippen molar-refractivity contribution in [3.05, 3.63) is 30.1 Å². The minimum Gasteiger partial charge on any atom is -0.342 e. The molecule has 2 aliphatic rings. The van der Waals surface area contributed by atoms with E-state index in [-0.39, 0.29) is 17.7 Å². The van der Waals surface area contributed by atoms with Gasteiger partial charge in [0.05, 0.1) is 12.2 Å². The molecule has 1 N–H and O–H groups in total. The lowest BCUT2D eigenvalue weighted by atomic mass is 9.87. The van der Waals surface area contributed by atoms with Gasteiger partial charge in [-0.3, -0.25) is 14.6 Å². The van der Waals surface area contributed by atoms with Crippen LogP contribution in [0.5, 0.6) is 0 Å². The van der Waals surface area contributed by atoms with Crippen LogP contribution in [-0.2, 0) is 16.1 Å². The fourth-order valence-electron chi connectivity index (χ4n) is 3.13. The van der Waals surface area contributed by atoms with Crippen molar-refractivity contribution in [2.75, 3.05) is 0 Å². The number of nitrogens with zero attached hydrogens (tertiary/aromatic N) is 2. The summed E-state index contributed by atoms with van der Waals surface area (Å²) in [5.41, 5.74) is 0.0857. The molecule has 0 spiro atoms. The van der Waals surface area contributed by atoms with Gasteiger partial charge in [0.15, 0.2) is 0 Å². The molecule has 0 radical (unpaired) electrons. The summed E-state index contributed by atoms with van der Waals surface area (Å²) < 4.78 is 0. The van der Waals surface area contributed by atoms with Crippen molar-refractivity contribution in [3.63, 3.8) is 0 Å². The lowest BCUT2D eigenvalue weighted by Gasteiger charge is -2.46. The number of carbonyl (C=O) groups excluding carboxylic acids is 2. The molecule has 1 saturated heterocycles. The first-order valence-electron chi connectivity index (χ1n) is 7.59.